The van der Waals surface area contributed by atoms with Gasteiger partial charge in [0, 0.05) is 44.2 Å². The van der Waals surface area contributed by atoms with Crippen molar-refractivity contribution in [3.05, 3.63) is 29.8 Å². The van der Waals surface area contributed by atoms with Gasteiger partial charge >= 0.3 is 0 Å². The number of piperidine rings is 1. The van der Waals surface area contributed by atoms with Crippen molar-refractivity contribution < 1.29 is 19.1 Å². The molecule has 7 heteroatoms. The van der Waals surface area contributed by atoms with E-state index >= 15 is 0 Å². The maximum atomic E-state index is 12.6. The molecule has 0 bridgehead atoms. The van der Waals surface area contributed by atoms with E-state index in [0.29, 0.717) is 30.7 Å². The Balaban J connectivity index is 1.46. The largest absolute Gasteiger partial charge is 0.484 e. The van der Waals surface area contributed by atoms with Gasteiger partial charge in [0.1, 0.15) is 5.75 Å². The smallest absolute Gasteiger partial charge is 0.260 e. The number of benzene rings is 1. The van der Waals surface area contributed by atoms with E-state index in [9.17, 15) is 14.4 Å². The number of amides is 3. The lowest BCUT2D eigenvalue weighted by Gasteiger charge is -2.26. The van der Waals surface area contributed by atoms with Crippen LogP contribution in [0, 0.1) is 0 Å². The molecule has 1 atom stereocenters. The lowest BCUT2D eigenvalue weighted by atomic mass is 10.1. The summed E-state index contributed by atoms with van der Waals surface area (Å²) in [6, 6.07) is 6.86. The molecule has 2 heterocycles. The summed E-state index contributed by atoms with van der Waals surface area (Å²) < 4.78 is 5.60. The molecule has 30 heavy (non-hydrogen) atoms. The molecule has 1 unspecified atom stereocenters. The highest BCUT2D eigenvalue weighted by Crippen LogP contribution is 2.16. The standard InChI is InChI=1S/C23H33N3O4/c1-2-13-25-16-12-19(8-11-21(25)27)24-23(29)18-6-9-20(10-7-18)30-17-22(28)26-14-4-3-5-15-26/h6-7,9-10,19H,2-5,8,11-17H2,1H3,(H,24,29). The van der Waals surface area contributed by atoms with Gasteiger partial charge in [0.2, 0.25) is 5.91 Å². The van der Waals surface area contributed by atoms with E-state index in [0.717, 1.165) is 45.3 Å². The number of nitrogens with zero attached hydrogens (tertiary/aromatic N) is 2. The second kappa shape index (κ2) is 11.0. The van der Waals surface area contributed by atoms with Crippen molar-refractivity contribution in [3.63, 3.8) is 0 Å². The molecule has 0 aromatic heterocycles. The van der Waals surface area contributed by atoms with Crippen molar-refractivity contribution in [2.75, 3.05) is 32.8 Å². The Morgan fingerprint density at radius 2 is 1.80 bits per heavy atom. The second-order valence-corrected chi connectivity index (χ2v) is 8.13. The first-order valence-corrected chi connectivity index (χ1v) is 11.2. The van der Waals surface area contributed by atoms with Crippen molar-refractivity contribution in [2.24, 2.45) is 0 Å². The van der Waals surface area contributed by atoms with E-state index in [1.54, 1.807) is 24.3 Å². The van der Waals surface area contributed by atoms with Crippen LogP contribution in [-0.2, 0) is 9.59 Å². The zero-order chi connectivity index (χ0) is 21.3. The number of likely N-dealkylation sites (tertiary alicyclic amines) is 2. The van der Waals surface area contributed by atoms with Gasteiger partial charge in [-0.1, -0.05) is 6.92 Å². The fourth-order valence-electron chi connectivity index (χ4n) is 4.04. The summed E-state index contributed by atoms with van der Waals surface area (Å²) in [4.78, 5) is 40.6. The van der Waals surface area contributed by atoms with E-state index in [-0.39, 0.29) is 30.4 Å². The van der Waals surface area contributed by atoms with E-state index in [1.165, 1.54) is 6.42 Å². The summed E-state index contributed by atoms with van der Waals surface area (Å²) in [7, 11) is 0. The molecule has 2 fully saturated rings. The summed E-state index contributed by atoms with van der Waals surface area (Å²) in [5, 5.41) is 3.05. The Kier molecular flexibility index (Phi) is 8.11. The van der Waals surface area contributed by atoms with Crippen LogP contribution in [0.2, 0.25) is 0 Å². The molecule has 0 radical (unpaired) electrons. The highest BCUT2D eigenvalue weighted by atomic mass is 16.5. The number of hydrogen-bond donors (Lipinski definition) is 1. The van der Waals surface area contributed by atoms with Gasteiger partial charge in [0.05, 0.1) is 0 Å². The van der Waals surface area contributed by atoms with Gasteiger partial charge in [-0.2, -0.15) is 0 Å². The van der Waals surface area contributed by atoms with Crippen LogP contribution in [0.1, 0.15) is 62.2 Å². The van der Waals surface area contributed by atoms with E-state index in [1.807, 2.05) is 9.80 Å². The Hall–Kier alpha value is -2.57. The second-order valence-electron chi connectivity index (χ2n) is 8.13. The fourth-order valence-corrected chi connectivity index (χ4v) is 4.04. The first-order chi connectivity index (χ1) is 14.6. The summed E-state index contributed by atoms with van der Waals surface area (Å²) >= 11 is 0. The zero-order valence-electron chi connectivity index (χ0n) is 17.9. The lowest BCUT2D eigenvalue weighted by molar-refractivity contribution is -0.134. The first kappa shape index (κ1) is 22.1. The van der Waals surface area contributed by atoms with Crippen molar-refractivity contribution in [3.8, 4) is 5.75 Å². The number of carbonyl (C=O) groups excluding carboxylic acids is 3. The monoisotopic (exact) mass is 415 g/mol. The maximum Gasteiger partial charge on any atom is 0.260 e. The lowest BCUT2D eigenvalue weighted by Crippen LogP contribution is -2.38. The van der Waals surface area contributed by atoms with Crippen LogP contribution >= 0.6 is 0 Å². The van der Waals surface area contributed by atoms with E-state index in [2.05, 4.69) is 12.2 Å². The molecule has 164 valence electrons. The predicted molar refractivity (Wildman–Crippen MR) is 114 cm³/mol. The van der Waals surface area contributed by atoms with Crippen molar-refractivity contribution in [1.82, 2.24) is 15.1 Å². The van der Waals surface area contributed by atoms with Crippen LogP contribution < -0.4 is 10.1 Å². The van der Waals surface area contributed by atoms with Crippen molar-refractivity contribution in [2.45, 2.75) is 57.9 Å². The van der Waals surface area contributed by atoms with Crippen LogP contribution in [0.5, 0.6) is 5.75 Å². The van der Waals surface area contributed by atoms with Crippen LogP contribution in [-0.4, -0.2) is 66.3 Å². The van der Waals surface area contributed by atoms with Gasteiger partial charge in [-0.05, 0) is 62.8 Å². The Morgan fingerprint density at radius 1 is 1.07 bits per heavy atom. The molecule has 2 aliphatic heterocycles. The minimum atomic E-state index is -0.146. The zero-order valence-corrected chi connectivity index (χ0v) is 17.9. The average molecular weight is 416 g/mol. The molecule has 7 nitrogen and oxygen atoms in total. The van der Waals surface area contributed by atoms with Crippen LogP contribution in [0.15, 0.2) is 24.3 Å². The first-order valence-electron chi connectivity index (χ1n) is 11.2. The molecular formula is C23H33N3O4. The Bertz CT molecular complexity index is 728. The molecule has 0 spiro atoms. The minimum absolute atomic E-state index is 0.00129. The fraction of sp³-hybridized carbons (Fsp3) is 0.609. The molecular weight excluding hydrogens is 382 g/mol. The molecule has 1 N–H and O–H groups in total. The number of ether oxygens (including phenoxy) is 1. The third-order valence-corrected chi connectivity index (χ3v) is 5.82. The molecule has 1 aromatic carbocycles. The number of hydrogen-bond acceptors (Lipinski definition) is 4. The third-order valence-electron chi connectivity index (χ3n) is 5.82. The minimum Gasteiger partial charge on any atom is -0.484 e. The van der Waals surface area contributed by atoms with E-state index in [4.69, 9.17) is 4.74 Å². The van der Waals surface area contributed by atoms with Crippen LogP contribution in [0.3, 0.4) is 0 Å². The van der Waals surface area contributed by atoms with Gasteiger partial charge in [-0.3, -0.25) is 14.4 Å². The summed E-state index contributed by atoms with van der Waals surface area (Å²) in [5.74, 6) is 0.616. The van der Waals surface area contributed by atoms with Crippen LogP contribution in [0.4, 0.5) is 0 Å². The third kappa shape index (κ3) is 6.21. The summed E-state index contributed by atoms with van der Waals surface area (Å²) in [6.45, 7) is 5.18. The van der Waals surface area contributed by atoms with Gasteiger partial charge in [-0.15, -0.1) is 0 Å². The normalized spacial score (nSPS) is 19.9. The maximum absolute atomic E-state index is 12.6. The summed E-state index contributed by atoms with van der Waals surface area (Å²) in [6.07, 6.45) is 6.16. The summed E-state index contributed by atoms with van der Waals surface area (Å²) in [5.41, 5.74) is 0.547. The van der Waals surface area contributed by atoms with Gasteiger partial charge in [0.15, 0.2) is 6.61 Å². The molecule has 3 amide bonds. The van der Waals surface area contributed by atoms with Gasteiger partial charge in [-0.25, -0.2) is 0 Å². The molecule has 1 aromatic rings. The van der Waals surface area contributed by atoms with Gasteiger partial charge in [0.25, 0.3) is 11.8 Å². The molecule has 2 aliphatic rings. The van der Waals surface area contributed by atoms with Crippen molar-refractivity contribution >= 4 is 17.7 Å². The van der Waals surface area contributed by atoms with Crippen LogP contribution in [0.25, 0.3) is 0 Å². The highest BCUT2D eigenvalue weighted by molar-refractivity contribution is 5.94. The highest BCUT2D eigenvalue weighted by Gasteiger charge is 2.23. The van der Waals surface area contributed by atoms with Crippen molar-refractivity contribution in [1.29, 1.82) is 0 Å². The molecule has 0 saturated carbocycles. The topological polar surface area (TPSA) is 79.0 Å². The average Bonchev–Trinajstić information content (AvgIpc) is 2.95. The molecule has 3 rings (SSSR count). The number of carbonyl (C=O) groups is 3. The molecule has 2 saturated heterocycles. The predicted octanol–water partition coefficient (Wildman–Crippen LogP) is 2.60. The number of nitrogens with one attached hydrogen (secondary N) is 1. The Labute approximate surface area is 178 Å². The SMILES string of the molecule is CCCN1CCC(NC(=O)c2ccc(OCC(=O)N3CCCCC3)cc2)CCC1=O. The molecule has 0 aliphatic carbocycles. The number of rotatable bonds is 7. The quantitative estimate of drug-likeness (QED) is 0.742. The van der Waals surface area contributed by atoms with E-state index < -0.39 is 0 Å². The Morgan fingerprint density at radius 3 is 2.50 bits per heavy atom. The van der Waals surface area contributed by atoms with Gasteiger partial charge < -0.3 is 19.9 Å².